The zero-order valence-corrected chi connectivity index (χ0v) is 12.1. The molecule has 0 aromatic heterocycles. The van der Waals surface area contributed by atoms with E-state index >= 15 is 0 Å². The fourth-order valence-electron chi connectivity index (χ4n) is 1.82. The Bertz CT molecular complexity index is 444. The van der Waals surface area contributed by atoms with Gasteiger partial charge in [-0.1, -0.05) is 25.1 Å². The van der Waals surface area contributed by atoms with Gasteiger partial charge in [0.25, 0.3) is 5.91 Å². The van der Waals surface area contributed by atoms with Gasteiger partial charge in [0.05, 0.1) is 0 Å². The quantitative estimate of drug-likeness (QED) is 0.830. The number of rotatable bonds is 7. The average Bonchev–Trinajstić information content (AvgIpc) is 2.42. The van der Waals surface area contributed by atoms with E-state index in [0.717, 1.165) is 0 Å². The second-order valence-electron chi connectivity index (χ2n) is 4.78. The lowest BCUT2D eigenvalue weighted by atomic mass is 10.2. The number of nitrogens with zero attached hydrogens (tertiary/aromatic N) is 1. The average molecular weight is 279 g/mol. The fraction of sp³-hybridized carbons (Fsp3) is 0.467. The maximum atomic E-state index is 12.4. The van der Waals surface area contributed by atoms with Crippen molar-refractivity contribution in [3.05, 3.63) is 30.3 Å². The molecule has 1 unspecified atom stereocenters. The van der Waals surface area contributed by atoms with Crippen molar-refractivity contribution in [2.45, 2.75) is 39.3 Å². The van der Waals surface area contributed by atoms with Crippen molar-refractivity contribution in [1.29, 1.82) is 0 Å². The minimum absolute atomic E-state index is 0.188. The molecule has 0 aliphatic carbocycles. The van der Waals surface area contributed by atoms with E-state index in [1.165, 1.54) is 4.90 Å². The number of para-hydroxylation sites is 1. The second-order valence-corrected chi connectivity index (χ2v) is 4.78. The first-order valence-electron chi connectivity index (χ1n) is 6.69. The number of ether oxygens (including phenoxy) is 1. The summed E-state index contributed by atoms with van der Waals surface area (Å²) in [5.41, 5.74) is 0. The van der Waals surface area contributed by atoms with Gasteiger partial charge in [0, 0.05) is 6.04 Å². The van der Waals surface area contributed by atoms with Gasteiger partial charge in [-0.05, 0) is 32.4 Å². The number of carboxylic acid groups (broad SMARTS) is 1. The molecule has 5 nitrogen and oxygen atoms in total. The van der Waals surface area contributed by atoms with Gasteiger partial charge in [0.2, 0.25) is 0 Å². The summed E-state index contributed by atoms with van der Waals surface area (Å²) in [5, 5.41) is 8.89. The van der Waals surface area contributed by atoms with Gasteiger partial charge in [-0.3, -0.25) is 9.59 Å². The van der Waals surface area contributed by atoms with E-state index in [9.17, 15) is 9.59 Å². The Morgan fingerprint density at radius 2 is 1.85 bits per heavy atom. The first kappa shape index (κ1) is 16.0. The molecule has 0 saturated heterocycles. The Morgan fingerprint density at radius 3 is 2.30 bits per heavy atom. The number of hydrogen-bond acceptors (Lipinski definition) is 3. The lowest BCUT2D eigenvalue weighted by molar-refractivity contribution is -0.149. The van der Waals surface area contributed by atoms with Crippen molar-refractivity contribution in [3.8, 4) is 5.75 Å². The number of carbonyl (C=O) groups is 2. The molecule has 0 aliphatic heterocycles. The van der Waals surface area contributed by atoms with E-state index in [0.29, 0.717) is 12.2 Å². The molecule has 5 heteroatoms. The van der Waals surface area contributed by atoms with Gasteiger partial charge in [-0.15, -0.1) is 0 Å². The van der Waals surface area contributed by atoms with Crippen LogP contribution in [0.15, 0.2) is 30.3 Å². The summed E-state index contributed by atoms with van der Waals surface area (Å²) in [6.45, 7) is 5.10. The number of benzene rings is 1. The summed E-state index contributed by atoms with van der Waals surface area (Å²) >= 11 is 0. The highest BCUT2D eigenvalue weighted by molar-refractivity contribution is 5.85. The number of hydrogen-bond donors (Lipinski definition) is 1. The van der Waals surface area contributed by atoms with Crippen molar-refractivity contribution in [2.24, 2.45) is 0 Å². The molecule has 1 atom stereocenters. The predicted octanol–water partition coefficient (Wildman–Crippen LogP) is 2.17. The predicted molar refractivity (Wildman–Crippen MR) is 75.6 cm³/mol. The van der Waals surface area contributed by atoms with Crippen LogP contribution in [0.3, 0.4) is 0 Å². The molecule has 1 N–H and O–H groups in total. The van der Waals surface area contributed by atoms with Crippen LogP contribution in [0.1, 0.15) is 27.2 Å². The Labute approximate surface area is 119 Å². The first-order chi connectivity index (χ1) is 9.45. The molecule has 0 aliphatic rings. The Balaban J connectivity index is 2.81. The summed E-state index contributed by atoms with van der Waals surface area (Å²) in [6.07, 6.45) is -0.185. The van der Waals surface area contributed by atoms with Crippen molar-refractivity contribution < 1.29 is 19.4 Å². The molecule has 0 fully saturated rings. The van der Waals surface area contributed by atoms with Crippen LogP contribution in [0.25, 0.3) is 0 Å². The lowest BCUT2D eigenvalue weighted by Crippen LogP contribution is -2.47. The van der Waals surface area contributed by atoms with Gasteiger partial charge in [0.1, 0.15) is 12.3 Å². The van der Waals surface area contributed by atoms with Gasteiger partial charge in [0.15, 0.2) is 6.10 Å². The topological polar surface area (TPSA) is 66.8 Å². The first-order valence-corrected chi connectivity index (χ1v) is 6.69. The van der Waals surface area contributed by atoms with E-state index in [-0.39, 0.29) is 18.5 Å². The van der Waals surface area contributed by atoms with Crippen LogP contribution in [0.4, 0.5) is 0 Å². The third-order valence-corrected chi connectivity index (χ3v) is 2.88. The second kappa shape index (κ2) is 7.53. The van der Waals surface area contributed by atoms with Crippen LogP contribution < -0.4 is 4.74 Å². The monoisotopic (exact) mass is 279 g/mol. The van der Waals surface area contributed by atoms with Crippen molar-refractivity contribution >= 4 is 11.9 Å². The highest BCUT2D eigenvalue weighted by Gasteiger charge is 2.28. The van der Waals surface area contributed by atoms with E-state index in [1.54, 1.807) is 26.0 Å². The number of amides is 1. The molecule has 1 rings (SSSR count). The highest BCUT2D eigenvalue weighted by Crippen LogP contribution is 2.15. The standard InChI is InChI=1S/C15H21NO4/c1-4-13(20-12-8-6-5-7-9-12)15(19)16(11(2)3)10-14(17)18/h5-9,11,13H,4,10H2,1-3H3,(H,17,18). The van der Waals surface area contributed by atoms with E-state index in [1.807, 2.05) is 25.1 Å². The zero-order chi connectivity index (χ0) is 15.1. The maximum Gasteiger partial charge on any atom is 0.323 e. The van der Waals surface area contributed by atoms with E-state index < -0.39 is 12.1 Å². The minimum atomic E-state index is -1.03. The summed E-state index contributed by atoms with van der Waals surface area (Å²) in [7, 11) is 0. The molecule has 20 heavy (non-hydrogen) atoms. The molecule has 0 bridgehead atoms. The van der Waals surface area contributed by atoms with Crippen LogP contribution >= 0.6 is 0 Å². The van der Waals surface area contributed by atoms with Crippen molar-refractivity contribution in [1.82, 2.24) is 4.90 Å². The third-order valence-electron chi connectivity index (χ3n) is 2.88. The largest absolute Gasteiger partial charge is 0.481 e. The molecule has 1 amide bonds. The molecule has 0 heterocycles. The van der Waals surface area contributed by atoms with Gasteiger partial charge >= 0.3 is 5.97 Å². The third kappa shape index (κ3) is 4.57. The Hall–Kier alpha value is -2.04. The molecule has 1 aromatic rings. The lowest BCUT2D eigenvalue weighted by Gasteiger charge is -2.29. The van der Waals surface area contributed by atoms with E-state index in [2.05, 4.69) is 0 Å². The Kier molecular flexibility index (Phi) is 6.03. The molecular formula is C15H21NO4. The normalized spacial score (nSPS) is 12.0. The smallest absolute Gasteiger partial charge is 0.323 e. The van der Waals surface area contributed by atoms with Gasteiger partial charge in [-0.25, -0.2) is 0 Å². The highest BCUT2D eigenvalue weighted by atomic mass is 16.5. The molecule has 110 valence electrons. The number of aliphatic carboxylic acids is 1. The van der Waals surface area contributed by atoms with E-state index in [4.69, 9.17) is 9.84 Å². The van der Waals surface area contributed by atoms with Crippen molar-refractivity contribution in [3.63, 3.8) is 0 Å². The van der Waals surface area contributed by atoms with Crippen LogP contribution in [0.2, 0.25) is 0 Å². The molecule has 0 saturated carbocycles. The summed E-state index contributed by atoms with van der Waals surface area (Å²) in [4.78, 5) is 24.6. The molecule has 0 radical (unpaired) electrons. The minimum Gasteiger partial charge on any atom is -0.481 e. The Morgan fingerprint density at radius 1 is 1.25 bits per heavy atom. The van der Waals surface area contributed by atoms with Gasteiger partial charge < -0.3 is 14.7 Å². The maximum absolute atomic E-state index is 12.4. The summed E-state index contributed by atoms with van der Waals surface area (Å²) in [5.74, 6) is -0.720. The van der Waals surface area contributed by atoms with Crippen LogP contribution in [0.5, 0.6) is 5.75 Å². The number of carbonyl (C=O) groups excluding carboxylic acids is 1. The van der Waals surface area contributed by atoms with Crippen LogP contribution in [0, 0.1) is 0 Å². The van der Waals surface area contributed by atoms with Crippen LogP contribution in [-0.2, 0) is 9.59 Å². The summed E-state index contributed by atoms with van der Waals surface area (Å²) in [6, 6.07) is 8.86. The molecule has 1 aromatic carbocycles. The van der Waals surface area contributed by atoms with Gasteiger partial charge in [-0.2, -0.15) is 0 Å². The SMILES string of the molecule is CCC(Oc1ccccc1)C(=O)N(CC(=O)O)C(C)C. The fourth-order valence-corrected chi connectivity index (χ4v) is 1.82. The molecular weight excluding hydrogens is 258 g/mol. The van der Waals surface area contributed by atoms with Crippen molar-refractivity contribution in [2.75, 3.05) is 6.54 Å². The van der Waals surface area contributed by atoms with Crippen LogP contribution in [-0.4, -0.2) is 40.6 Å². The number of carboxylic acids is 1. The summed E-state index contributed by atoms with van der Waals surface area (Å²) < 4.78 is 5.65. The zero-order valence-electron chi connectivity index (χ0n) is 12.1. The molecule has 0 spiro atoms.